The summed E-state index contributed by atoms with van der Waals surface area (Å²) in [5.41, 5.74) is 1.81. The Balaban J connectivity index is 1.52. The topological polar surface area (TPSA) is 104 Å². The fourth-order valence-corrected chi connectivity index (χ4v) is 4.39. The van der Waals surface area contributed by atoms with Crippen LogP contribution < -0.4 is 15.4 Å². The Bertz CT molecular complexity index is 1270. The van der Waals surface area contributed by atoms with Gasteiger partial charge in [-0.15, -0.1) is 0 Å². The first-order valence-electron chi connectivity index (χ1n) is 10.5. The third-order valence-electron chi connectivity index (χ3n) is 4.79. The third kappa shape index (κ3) is 7.76. The summed E-state index contributed by atoms with van der Waals surface area (Å²) in [5, 5.41) is 5.59. The van der Waals surface area contributed by atoms with Crippen molar-refractivity contribution in [3.8, 4) is 0 Å². The molecule has 0 unspecified atom stereocenters. The highest BCUT2D eigenvalue weighted by molar-refractivity contribution is 7.90. The molecule has 3 aromatic carbocycles. The quantitative estimate of drug-likeness (QED) is 0.308. The molecule has 0 aliphatic rings. The second kappa shape index (κ2) is 11.9. The van der Waals surface area contributed by atoms with E-state index < -0.39 is 16.1 Å². The number of rotatable bonds is 9. The summed E-state index contributed by atoms with van der Waals surface area (Å²) >= 11 is 11.7. The van der Waals surface area contributed by atoms with E-state index in [1.807, 2.05) is 35.1 Å². The zero-order chi connectivity index (χ0) is 24.6. The van der Waals surface area contributed by atoms with Crippen molar-refractivity contribution in [3.63, 3.8) is 0 Å². The van der Waals surface area contributed by atoms with Crippen molar-refractivity contribution in [2.75, 3.05) is 10.6 Å². The number of benzene rings is 3. The first kappa shape index (κ1) is 25.6. The molecule has 10 heteroatoms. The van der Waals surface area contributed by atoms with Crippen LogP contribution >= 0.6 is 23.2 Å². The van der Waals surface area contributed by atoms with Crippen molar-refractivity contribution in [2.45, 2.75) is 30.6 Å². The van der Waals surface area contributed by atoms with Gasteiger partial charge in [0, 0.05) is 17.8 Å². The minimum atomic E-state index is -4.18. The number of amides is 3. The molecule has 0 spiro atoms. The predicted molar refractivity (Wildman–Crippen MR) is 135 cm³/mol. The van der Waals surface area contributed by atoms with Gasteiger partial charge in [0.05, 0.1) is 14.9 Å². The zero-order valence-electron chi connectivity index (χ0n) is 18.1. The van der Waals surface area contributed by atoms with Gasteiger partial charge in [-0.1, -0.05) is 59.6 Å². The lowest BCUT2D eigenvalue weighted by atomic mass is 10.1. The normalized spacial score (nSPS) is 11.0. The van der Waals surface area contributed by atoms with Crippen LogP contribution in [0, 0.1) is 0 Å². The Morgan fingerprint density at radius 3 is 2.24 bits per heavy atom. The average Bonchev–Trinajstić information content (AvgIpc) is 2.80. The summed E-state index contributed by atoms with van der Waals surface area (Å²) < 4.78 is 27.1. The van der Waals surface area contributed by atoms with Crippen LogP contribution in [-0.2, 0) is 21.2 Å². The van der Waals surface area contributed by atoms with Crippen LogP contribution in [0.15, 0.2) is 77.7 Å². The molecule has 3 amide bonds. The largest absolute Gasteiger partial charge is 0.333 e. The van der Waals surface area contributed by atoms with E-state index in [2.05, 4.69) is 10.6 Å². The molecule has 0 fully saturated rings. The first-order chi connectivity index (χ1) is 16.2. The Kier molecular flexibility index (Phi) is 8.92. The third-order valence-corrected chi connectivity index (χ3v) is 6.86. The smallest absolute Gasteiger partial charge is 0.326 e. The molecule has 3 aromatic rings. The first-order valence-corrected chi connectivity index (χ1v) is 12.7. The van der Waals surface area contributed by atoms with Gasteiger partial charge in [-0.2, -0.15) is 0 Å². The van der Waals surface area contributed by atoms with E-state index >= 15 is 0 Å². The van der Waals surface area contributed by atoms with E-state index in [0.29, 0.717) is 23.6 Å². The van der Waals surface area contributed by atoms with Crippen molar-refractivity contribution in [1.82, 2.24) is 4.72 Å². The van der Waals surface area contributed by atoms with E-state index in [9.17, 15) is 18.0 Å². The number of carbonyl (C=O) groups excluding carboxylic acids is 2. The van der Waals surface area contributed by atoms with Crippen LogP contribution in [0.2, 0.25) is 10.0 Å². The standard InChI is InChI=1S/C24H23Cl2N3O4S/c25-21-14-13-19(16-22(21)26)28-24(31)29-34(32,33)20-11-6-10-18(15-20)27-23(30)12-5-4-9-17-7-2-1-3-8-17/h1-3,6-8,10-11,13-16H,4-5,9,12H2,(H,27,30)(H2,28,29,31). The fraction of sp³-hybridized carbons (Fsp3) is 0.167. The molecule has 7 nitrogen and oxygen atoms in total. The monoisotopic (exact) mass is 519 g/mol. The molecule has 0 bridgehead atoms. The van der Waals surface area contributed by atoms with Crippen LogP contribution in [-0.4, -0.2) is 20.4 Å². The maximum Gasteiger partial charge on any atom is 0.333 e. The Labute approximate surface area is 208 Å². The average molecular weight is 520 g/mol. The molecular formula is C24H23Cl2N3O4S. The number of halogens is 2. The lowest BCUT2D eigenvalue weighted by Crippen LogP contribution is -2.34. The van der Waals surface area contributed by atoms with E-state index in [-0.39, 0.29) is 21.5 Å². The number of carbonyl (C=O) groups is 2. The van der Waals surface area contributed by atoms with Gasteiger partial charge in [0.1, 0.15) is 0 Å². The summed E-state index contributed by atoms with van der Waals surface area (Å²) in [7, 11) is -4.18. The lowest BCUT2D eigenvalue weighted by molar-refractivity contribution is -0.116. The second-order valence-electron chi connectivity index (χ2n) is 7.46. The summed E-state index contributed by atoms with van der Waals surface area (Å²) in [6.07, 6.45) is 2.77. The predicted octanol–water partition coefficient (Wildman–Crippen LogP) is 5.86. The molecule has 0 aliphatic carbocycles. The molecule has 3 N–H and O–H groups in total. The van der Waals surface area contributed by atoms with Crippen molar-refractivity contribution in [3.05, 3.63) is 88.4 Å². The SMILES string of the molecule is O=C(CCCCc1ccccc1)Nc1cccc(S(=O)(=O)NC(=O)Nc2ccc(Cl)c(Cl)c2)c1. The molecule has 0 aliphatic heterocycles. The van der Waals surface area contributed by atoms with Crippen LogP contribution in [0.1, 0.15) is 24.8 Å². The number of anilines is 2. The van der Waals surface area contributed by atoms with E-state index in [1.165, 1.54) is 42.0 Å². The number of nitrogens with one attached hydrogen (secondary N) is 3. The highest BCUT2D eigenvalue weighted by Gasteiger charge is 2.18. The number of urea groups is 1. The fourth-order valence-electron chi connectivity index (χ4n) is 3.14. The summed E-state index contributed by atoms with van der Waals surface area (Å²) in [6.45, 7) is 0. The molecule has 178 valence electrons. The number of sulfonamides is 1. The highest BCUT2D eigenvalue weighted by atomic mass is 35.5. The number of hydrogen-bond donors (Lipinski definition) is 3. The Hall–Kier alpha value is -3.07. The molecule has 0 aromatic heterocycles. The maximum atomic E-state index is 12.6. The number of aryl methyl sites for hydroxylation is 1. The van der Waals surface area contributed by atoms with Gasteiger partial charge in [-0.3, -0.25) is 4.79 Å². The lowest BCUT2D eigenvalue weighted by Gasteiger charge is -2.11. The van der Waals surface area contributed by atoms with E-state index in [4.69, 9.17) is 23.2 Å². The van der Waals surface area contributed by atoms with Gasteiger partial charge in [-0.05, 0) is 61.2 Å². The highest BCUT2D eigenvalue weighted by Crippen LogP contribution is 2.25. The molecule has 34 heavy (non-hydrogen) atoms. The van der Waals surface area contributed by atoms with Crippen molar-refractivity contribution < 1.29 is 18.0 Å². The Morgan fingerprint density at radius 1 is 0.765 bits per heavy atom. The molecule has 0 atom stereocenters. The van der Waals surface area contributed by atoms with Crippen LogP contribution in [0.3, 0.4) is 0 Å². The zero-order valence-corrected chi connectivity index (χ0v) is 20.4. The summed E-state index contributed by atoms with van der Waals surface area (Å²) in [6, 6.07) is 19.1. The van der Waals surface area contributed by atoms with Gasteiger partial charge in [-0.25, -0.2) is 17.9 Å². The van der Waals surface area contributed by atoms with Crippen LogP contribution in [0.4, 0.5) is 16.2 Å². The van der Waals surface area contributed by atoms with Gasteiger partial charge in [0.2, 0.25) is 5.91 Å². The van der Waals surface area contributed by atoms with Crippen molar-refractivity contribution in [1.29, 1.82) is 0 Å². The van der Waals surface area contributed by atoms with Crippen molar-refractivity contribution >= 4 is 56.5 Å². The Morgan fingerprint density at radius 2 is 1.50 bits per heavy atom. The van der Waals surface area contributed by atoms with Gasteiger partial charge < -0.3 is 10.6 Å². The molecule has 0 saturated carbocycles. The minimum absolute atomic E-state index is 0.168. The van der Waals surface area contributed by atoms with E-state index in [0.717, 1.165) is 12.8 Å². The van der Waals surface area contributed by atoms with Gasteiger partial charge >= 0.3 is 6.03 Å². The molecule has 0 radical (unpaired) electrons. The van der Waals surface area contributed by atoms with Crippen LogP contribution in [0.25, 0.3) is 0 Å². The molecule has 0 saturated heterocycles. The molecule has 3 rings (SSSR count). The second-order valence-corrected chi connectivity index (χ2v) is 9.95. The van der Waals surface area contributed by atoms with Gasteiger partial charge in [0.15, 0.2) is 0 Å². The number of unbranched alkanes of at least 4 members (excludes halogenated alkanes) is 1. The van der Waals surface area contributed by atoms with Crippen LogP contribution in [0.5, 0.6) is 0 Å². The number of hydrogen-bond acceptors (Lipinski definition) is 4. The summed E-state index contributed by atoms with van der Waals surface area (Å²) in [4.78, 5) is 24.3. The maximum absolute atomic E-state index is 12.6. The van der Waals surface area contributed by atoms with Crippen molar-refractivity contribution in [2.24, 2.45) is 0 Å². The molecule has 0 heterocycles. The van der Waals surface area contributed by atoms with E-state index in [1.54, 1.807) is 6.07 Å². The molecular weight excluding hydrogens is 497 g/mol. The summed E-state index contributed by atoms with van der Waals surface area (Å²) in [5.74, 6) is -0.215. The minimum Gasteiger partial charge on any atom is -0.326 e. The van der Waals surface area contributed by atoms with Gasteiger partial charge in [0.25, 0.3) is 10.0 Å².